The Morgan fingerprint density at radius 2 is 1.69 bits per heavy atom. The molecular formula is C23H26N2O4. The second kappa shape index (κ2) is 8.92. The first kappa shape index (κ1) is 20.6. The second-order valence-corrected chi connectivity index (χ2v) is 6.89. The number of methoxy groups -OCH3 is 1. The van der Waals surface area contributed by atoms with Gasteiger partial charge in [0.2, 0.25) is 0 Å². The lowest BCUT2D eigenvalue weighted by molar-refractivity contribution is -0.137. The van der Waals surface area contributed by atoms with Crippen molar-refractivity contribution in [3.05, 3.63) is 64.9 Å². The maximum atomic E-state index is 13.1. The van der Waals surface area contributed by atoms with E-state index in [0.29, 0.717) is 23.5 Å². The van der Waals surface area contributed by atoms with Gasteiger partial charge in [0.05, 0.1) is 25.3 Å². The molecule has 1 aliphatic rings. The Kier molecular flexibility index (Phi) is 6.34. The van der Waals surface area contributed by atoms with Gasteiger partial charge in [0.15, 0.2) is 0 Å². The molecule has 0 saturated heterocycles. The maximum absolute atomic E-state index is 13.1. The third-order valence-electron chi connectivity index (χ3n) is 4.92. The monoisotopic (exact) mass is 394 g/mol. The topological polar surface area (TPSA) is 67.9 Å². The third-order valence-corrected chi connectivity index (χ3v) is 4.92. The highest BCUT2D eigenvalue weighted by Crippen LogP contribution is 2.31. The summed E-state index contributed by atoms with van der Waals surface area (Å²) >= 11 is 0. The van der Waals surface area contributed by atoms with Crippen LogP contribution in [0.5, 0.6) is 5.75 Å². The molecule has 29 heavy (non-hydrogen) atoms. The number of nitrogens with one attached hydrogen (secondary N) is 1. The number of ether oxygens (including phenoxy) is 2. The number of anilines is 1. The first-order chi connectivity index (χ1) is 14.0. The minimum atomic E-state index is -0.353. The van der Waals surface area contributed by atoms with Gasteiger partial charge in [0.25, 0.3) is 11.8 Å². The smallest absolute Gasteiger partial charge is 0.278 e. The van der Waals surface area contributed by atoms with Crippen molar-refractivity contribution in [2.45, 2.75) is 20.8 Å². The van der Waals surface area contributed by atoms with E-state index in [4.69, 9.17) is 9.47 Å². The van der Waals surface area contributed by atoms with E-state index in [1.54, 1.807) is 31.4 Å². The number of rotatable bonds is 8. The average Bonchev–Trinajstić information content (AvgIpc) is 2.94. The van der Waals surface area contributed by atoms with Crippen LogP contribution in [0.4, 0.5) is 5.69 Å². The molecule has 0 fully saturated rings. The van der Waals surface area contributed by atoms with Crippen molar-refractivity contribution in [1.82, 2.24) is 4.90 Å². The van der Waals surface area contributed by atoms with Gasteiger partial charge in [-0.3, -0.25) is 14.5 Å². The molecule has 2 amide bonds. The average molecular weight is 394 g/mol. The minimum Gasteiger partial charge on any atom is -0.494 e. The Morgan fingerprint density at radius 3 is 2.31 bits per heavy atom. The van der Waals surface area contributed by atoms with E-state index < -0.39 is 0 Å². The fraction of sp³-hybridized carbons (Fsp3) is 0.304. The molecule has 1 heterocycles. The molecule has 1 N–H and O–H groups in total. The largest absolute Gasteiger partial charge is 0.494 e. The Labute approximate surface area is 171 Å². The molecule has 6 nitrogen and oxygen atoms in total. The van der Waals surface area contributed by atoms with Gasteiger partial charge in [-0.1, -0.05) is 18.2 Å². The van der Waals surface area contributed by atoms with E-state index in [-0.39, 0.29) is 30.7 Å². The summed E-state index contributed by atoms with van der Waals surface area (Å²) < 4.78 is 10.5. The summed E-state index contributed by atoms with van der Waals surface area (Å²) in [6.45, 7) is 6.99. The van der Waals surface area contributed by atoms with Gasteiger partial charge < -0.3 is 14.8 Å². The molecule has 0 unspecified atom stereocenters. The first-order valence-corrected chi connectivity index (χ1v) is 9.63. The van der Waals surface area contributed by atoms with Crippen LogP contribution in [-0.4, -0.2) is 43.6 Å². The lowest BCUT2D eigenvalue weighted by atomic mass is 10.0. The number of amides is 2. The Bertz CT molecular complexity index is 948. The van der Waals surface area contributed by atoms with Crippen LogP contribution in [0.1, 0.15) is 23.6 Å². The van der Waals surface area contributed by atoms with Crippen molar-refractivity contribution in [3.63, 3.8) is 0 Å². The number of aryl methyl sites for hydroxylation is 2. The lowest BCUT2D eigenvalue weighted by Gasteiger charge is -2.14. The summed E-state index contributed by atoms with van der Waals surface area (Å²) in [7, 11) is 1.54. The summed E-state index contributed by atoms with van der Waals surface area (Å²) in [6.07, 6.45) is 0. The van der Waals surface area contributed by atoms with Gasteiger partial charge in [0, 0.05) is 12.8 Å². The second-order valence-electron chi connectivity index (χ2n) is 6.89. The maximum Gasteiger partial charge on any atom is 0.278 e. The summed E-state index contributed by atoms with van der Waals surface area (Å²) in [6, 6.07) is 13.1. The van der Waals surface area contributed by atoms with Crippen LogP contribution in [0.25, 0.3) is 5.57 Å². The SMILES string of the molecule is CCOc1ccc(C2=C(Nc3ccc(C)c(C)c3)C(=O)N(CCOC)C2=O)cc1. The summed E-state index contributed by atoms with van der Waals surface area (Å²) in [5.41, 5.74) is 4.32. The molecule has 0 radical (unpaired) electrons. The van der Waals surface area contributed by atoms with Crippen LogP contribution < -0.4 is 10.1 Å². The number of hydrogen-bond donors (Lipinski definition) is 1. The van der Waals surface area contributed by atoms with Crippen LogP contribution in [0.2, 0.25) is 0 Å². The van der Waals surface area contributed by atoms with Gasteiger partial charge in [-0.15, -0.1) is 0 Å². The molecular weight excluding hydrogens is 368 g/mol. The minimum absolute atomic E-state index is 0.201. The zero-order chi connectivity index (χ0) is 21.0. The quantitative estimate of drug-likeness (QED) is 0.694. The molecule has 0 spiro atoms. The highest BCUT2D eigenvalue weighted by molar-refractivity contribution is 6.36. The number of imide groups is 1. The van der Waals surface area contributed by atoms with E-state index in [1.807, 2.05) is 39.0 Å². The number of benzene rings is 2. The zero-order valence-electron chi connectivity index (χ0n) is 17.2. The first-order valence-electron chi connectivity index (χ1n) is 9.63. The highest BCUT2D eigenvalue weighted by Gasteiger charge is 2.39. The molecule has 1 aliphatic heterocycles. The Morgan fingerprint density at radius 1 is 0.966 bits per heavy atom. The molecule has 152 valence electrons. The predicted molar refractivity (Wildman–Crippen MR) is 113 cm³/mol. The van der Waals surface area contributed by atoms with Crippen LogP contribution in [-0.2, 0) is 14.3 Å². The van der Waals surface area contributed by atoms with E-state index in [2.05, 4.69) is 5.32 Å². The predicted octanol–water partition coefficient (Wildman–Crippen LogP) is 3.54. The molecule has 0 aromatic heterocycles. The van der Waals surface area contributed by atoms with Gasteiger partial charge >= 0.3 is 0 Å². The van der Waals surface area contributed by atoms with Crippen LogP contribution in [0.15, 0.2) is 48.2 Å². The molecule has 0 bridgehead atoms. The van der Waals surface area contributed by atoms with Crippen molar-refractivity contribution in [1.29, 1.82) is 0 Å². The van der Waals surface area contributed by atoms with Gasteiger partial charge in [0.1, 0.15) is 11.4 Å². The molecule has 2 aromatic carbocycles. The Hall–Kier alpha value is -3.12. The van der Waals surface area contributed by atoms with Crippen molar-refractivity contribution >= 4 is 23.1 Å². The Balaban J connectivity index is 2.01. The normalized spacial score (nSPS) is 14.0. The molecule has 0 atom stereocenters. The number of hydrogen-bond acceptors (Lipinski definition) is 5. The third kappa shape index (κ3) is 4.32. The fourth-order valence-electron chi connectivity index (χ4n) is 3.19. The standard InChI is InChI=1S/C23H26N2O4/c1-5-29-19-10-7-17(8-11-19)20-21(23(27)25(22(20)26)12-13-28-4)24-18-9-6-15(2)16(3)14-18/h6-11,14,24H,5,12-13H2,1-4H3. The van der Waals surface area contributed by atoms with Gasteiger partial charge in [-0.25, -0.2) is 0 Å². The zero-order valence-corrected chi connectivity index (χ0v) is 17.2. The van der Waals surface area contributed by atoms with Crippen molar-refractivity contribution < 1.29 is 19.1 Å². The van der Waals surface area contributed by atoms with Crippen LogP contribution in [0.3, 0.4) is 0 Å². The van der Waals surface area contributed by atoms with Crippen molar-refractivity contribution in [2.24, 2.45) is 0 Å². The summed E-state index contributed by atoms with van der Waals surface area (Å²) in [4.78, 5) is 27.3. The molecule has 0 aliphatic carbocycles. The lowest BCUT2D eigenvalue weighted by Crippen LogP contribution is -2.35. The van der Waals surface area contributed by atoms with Crippen LogP contribution in [0, 0.1) is 13.8 Å². The van der Waals surface area contributed by atoms with E-state index >= 15 is 0 Å². The summed E-state index contributed by atoms with van der Waals surface area (Å²) in [5.74, 6) is 0.0326. The number of carbonyl (C=O) groups excluding carboxylic acids is 2. The highest BCUT2D eigenvalue weighted by atomic mass is 16.5. The van der Waals surface area contributed by atoms with Gasteiger partial charge in [-0.05, 0) is 61.7 Å². The molecule has 3 rings (SSSR count). The number of carbonyl (C=O) groups is 2. The van der Waals surface area contributed by atoms with Crippen LogP contribution >= 0.6 is 0 Å². The van der Waals surface area contributed by atoms with E-state index in [0.717, 1.165) is 16.8 Å². The number of nitrogens with zero attached hydrogens (tertiary/aromatic N) is 1. The van der Waals surface area contributed by atoms with E-state index in [9.17, 15) is 9.59 Å². The van der Waals surface area contributed by atoms with Crippen molar-refractivity contribution in [3.8, 4) is 5.75 Å². The van der Waals surface area contributed by atoms with E-state index in [1.165, 1.54) is 4.90 Å². The molecule has 0 saturated carbocycles. The van der Waals surface area contributed by atoms with Gasteiger partial charge in [-0.2, -0.15) is 0 Å². The fourth-order valence-corrected chi connectivity index (χ4v) is 3.19. The molecule has 2 aromatic rings. The molecule has 6 heteroatoms. The van der Waals surface area contributed by atoms with Crippen molar-refractivity contribution in [2.75, 3.05) is 32.2 Å². The summed E-state index contributed by atoms with van der Waals surface area (Å²) in [5, 5.41) is 3.18.